The molecule has 0 atom stereocenters. The first-order chi connectivity index (χ1) is 13.5. The van der Waals surface area contributed by atoms with Gasteiger partial charge in [0.1, 0.15) is 17.3 Å². The van der Waals surface area contributed by atoms with E-state index in [2.05, 4.69) is 5.32 Å². The average Bonchev–Trinajstić information content (AvgIpc) is 3.11. The predicted molar refractivity (Wildman–Crippen MR) is 106 cm³/mol. The summed E-state index contributed by atoms with van der Waals surface area (Å²) in [5.41, 5.74) is 1.05. The zero-order valence-electron chi connectivity index (χ0n) is 15.8. The van der Waals surface area contributed by atoms with Gasteiger partial charge in [-0.3, -0.25) is 9.59 Å². The number of likely N-dealkylation sites (N-methyl/N-ethyl adjacent to an activating group) is 1. The number of benzene rings is 2. The van der Waals surface area contributed by atoms with Crippen LogP contribution in [-0.2, 0) is 11.3 Å². The van der Waals surface area contributed by atoms with E-state index in [1.165, 1.54) is 4.90 Å². The summed E-state index contributed by atoms with van der Waals surface area (Å²) < 4.78 is 11.1. The molecule has 0 saturated heterocycles. The Balaban J connectivity index is 1.61. The molecule has 0 spiro atoms. The second-order valence-electron chi connectivity index (χ2n) is 6.37. The molecule has 0 unspecified atom stereocenters. The molecule has 28 heavy (non-hydrogen) atoms. The van der Waals surface area contributed by atoms with Crippen molar-refractivity contribution in [2.24, 2.45) is 0 Å². The molecular formula is C22H22N2O4. The fourth-order valence-electron chi connectivity index (χ4n) is 2.64. The Morgan fingerprint density at radius 3 is 2.43 bits per heavy atom. The van der Waals surface area contributed by atoms with E-state index in [0.717, 1.165) is 5.76 Å². The van der Waals surface area contributed by atoms with Crippen LogP contribution >= 0.6 is 0 Å². The predicted octanol–water partition coefficient (Wildman–Crippen LogP) is 3.88. The van der Waals surface area contributed by atoms with Gasteiger partial charge in [0.2, 0.25) is 0 Å². The number of aryl methyl sites for hydroxylation is 1. The Morgan fingerprint density at radius 2 is 1.71 bits per heavy atom. The van der Waals surface area contributed by atoms with E-state index in [1.807, 2.05) is 37.3 Å². The number of para-hydroxylation sites is 2. The first-order valence-corrected chi connectivity index (χ1v) is 8.90. The topological polar surface area (TPSA) is 71.8 Å². The van der Waals surface area contributed by atoms with Gasteiger partial charge in [0.25, 0.3) is 11.8 Å². The van der Waals surface area contributed by atoms with Gasteiger partial charge in [0.05, 0.1) is 12.1 Å². The third-order valence-corrected chi connectivity index (χ3v) is 4.13. The van der Waals surface area contributed by atoms with Gasteiger partial charge in [-0.05, 0) is 43.3 Å². The maximum absolute atomic E-state index is 12.6. The maximum atomic E-state index is 12.6. The van der Waals surface area contributed by atoms with Crippen LogP contribution in [0, 0.1) is 6.92 Å². The number of furan rings is 1. The van der Waals surface area contributed by atoms with E-state index in [0.29, 0.717) is 29.3 Å². The van der Waals surface area contributed by atoms with Crippen molar-refractivity contribution in [1.82, 2.24) is 4.90 Å². The number of amides is 2. The molecule has 0 aliphatic rings. The van der Waals surface area contributed by atoms with E-state index in [9.17, 15) is 9.59 Å². The van der Waals surface area contributed by atoms with Crippen molar-refractivity contribution in [2.45, 2.75) is 13.5 Å². The summed E-state index contributed by atoms with van der Waals surface area (Å²) in [6.07, 6.45) is 0. The normalized spacial score (nSPS) is 10.4. The van der Waals surface area contributed by atoms with Crippen molar-refractivity contribution in [1.29, 1.82) is 0 Å². The summed E-state index contributed by atoms with van der Waals surface area (Å²) in [7, 11) is 1.68. The molecule has 3 aromatic rings. The zero-order chi connectivity index (χ0) is 19.9. The SMILES string of the molecule is Cc1ccc(CN(C)C(=O)COc2ccccc2C(=O)Nc2ccccc2)o1. The van der Waals surface area contributed by atoms with Gasteiger partial charge in [-0.15, -0.1) is 0 Å². The lowest BCUT2D eigenvalue weighted by Crippen LogP contribution is -2.31. The van der Waals surface area contributed by atoms with E-state index < -0.39 is 0 Å². The standard InChI is InChI=1S/C22H22N2O4/c1-16-12-13-18(28-16)14-24(2)21(25)15-27-20-11-7-6-10-19(20)22(26)23-17-8-4-3-5-9-17/h3-13H,14-15H2,1-2H3,(H,23,26). The van der Waals surface area contributed by atoms with Crippen molar-refractivity contribution < 1.29 is 18.7 Å². The highest BCUT2D eigenvalue weighted by Crippen LogP contribution is 2.20. The molecule has 6 nitrogen and oxygen atoms in total. The van der Waals surface area contributed by atoms with Crippen LogP contribution in [0.15, 0.2) is 71.1 Å². The Morgan fingerprint density at radius 1 is 1.00 bits per heavy atom. The summed E-state index contributed by atoms with van der Waals surface area (Å²) in [4.78, 5) is 26.4. The van der Waals surface area contributed by atoms with Gasteiger partial charge in [-0.2, -0.15) is 0 Å². The Labute approximate surface area is 163 Å². The summed E-state index contributed by atoms with van der Waals surface area (Å²) in [5.74, 6) is 1.34. The van der Waals surface area contributed by atoms with Crippen molar-refractivity contribution in [3.05, 3.63) is 83.8 Å². The van der Waals surface area contributed by atoms with E-state index in [-0.39, 0.29) is 18.4 Å². The quantitative estimate of drug-likeness (QED) is 0.677. The fourth-order valence-corrected chi connectivity index (χ4v) is 2.64. The van der Waals surface area contributed by atoms with Crippen molar-refractivity contribution in [3.63, 3.8) is 0 Å². The highest BCUT2D eigenvalue weighted by atomic mass is 16.5. The first kappa shape index (κ1) is 19.2. The third kappa shape index (κ3) is 5.01. The van der Waals surface area contributed by atoms with Crippen LogP contribution in [0.1, 0.15) is 21.9 Å². The van der Waals surface area contributed by atoms with E-state index in [1.54, 1.807) is 43.4 Å². The molecule has 1 aromatic heterocycles. The maximum Gasteiger partial charge on any atom is 0.260 e. The van der Waals surface area contributed by atoms with Crippen molar-refractivity contribution in [3.8, 4) is 5.75 Å². The first-order valence-electron chi connectivity index (χ1n) is 8.90. The van der Waals surface area contributed by atoms with Gasteiger partial charge in [-0.25, -0.2) is 0 Å². The van der Waals surface area contributed by atoms with Crippen LogP contribution in [0.25, 0.3) is 0 Å². The lowest BCUT2D eigenvalue weighted by Gasteiger charge is -2.17. The average molecular weight is 378 g/mol. The smallest absolute Gasteiger partial charge is 0.260 e. The second-order valence-corrected chi connectivity index (χ2v) is 6.37. The lowest BCUT2D eigenvalue weighted by molar-refractivity contribution is -0.132. The van der Waals surface area contributed by atoms with Crippen LogP contribution in [0.3, 0.4) is 0 Å². The summed E-state index contributed by atoms with van der Waals surface area (Å²) in [5, 5.41) is 2.82. The fraction of sp³-hybridized carbons (Fsp3) is 0.182. The lowest BCUT2D eigenvalue weighted by atomic mass is 10.2. The van der Waals surface area contributed by atoms with Crippen LogP contribution < -0.4 is 10.1 Å². The number of ether oxygens (including phenoxy) is 1. The van der Waals surface area contributed by atoms with Gasteiger partial charge in [-0.1, -0.05) is 30.3 Å². The minimum absolute atomic E-state index is 0.175. The van der Waals surface area contributed by atoms with E-state index >= 15 is 0 Å². The third-order valence-electron chi connectivity index (χ3n) is 4.13. The molecule has 2 aromatic carbocycles. The molecule has 0 aliphatic carbocycles. The summed E-state index contributed by atoms with van der Waals surface area (Å²) in [6.45, 7) is 2.03. The van der Waals surface area contributed by atoms with Crippen LogP contribution in [-0.4, -0.2) is 30.4 Å². The number of hydrogen-bond acceptors (Lipinski definition) is 4. The Bertz CT molecular complexity index is 950. The number of carbonyl (C=O) groups excluding carboxylic acids is 2. The van der Waals surface area contributed by atoms with Gasteiger partial charge in [0.15, 0.2) is 6.61 Å². The molecule has 1 heterocycles. The summed E-state index contributed by atoms with van der Waals surface area (Å²) >= 11 is 0. The Hall–Kier alpha value is -3.54. The van der Waals surface area contributed by atoms with Crippen molar-refractivity contribution >= 4 is 17.5 Å². The largest absolute Gasteiger partial charge is 0.483 e. The zero-order valence-corrected chi connectivity index (χ0v) is 15.8. The van der Waals surface area contributed by atoms with Gasteiger partial charge >= 0.3 is 0 Å². The minimum atomic E-state index is -0.298. The number of rotatable bonds is 7. The molecular weight excluding hydrogens is 356 g/mol. The van der Waals surface area contributed by atoms with Gasteiger partial charge in [0, 0.05) is 12.7 Å². The number of anilines is 1. The molecule has 3 rings (SSSR count). The number of nitrogens with one attached hydrogen (secondary N) is 1. The highest BCUT2D eigenvalue weighted by Gasteiger charge is 2.16. The minimum Gasteiger partial charge on any atom is -0.483 e. The molecule has 6 heteroatoms. The highest BCUT2D eigenvalue weighted by molar-refractivity contribution is 6.06. The molecule has 0 saturated carbocycles. The van der Waals surface area contributed by atoms with Crippen molar-refractivity contribution in [2.75, 3.05) is 19.0 Å². The van der Waals surface area contributed by atoms with Gasteiger partial charge < -0.3 is 19.4 Å². The second kappa shape index (κ2) is 8.90. The number of nitrogens with zero attached hydrogens (tertiary/aromatic N) is 1. The molecule has 0 fully saturated rings. The summed E-state index contributed by atoms with van der Waals surface area (Å²) in [6, 6.07) is 19.7. The molecule has 1 N–H and O–H groups in total. The number of hydrogen-bond donors (Lipinski definition) is 1. The molecule has 2 amide bonds. The molecule has 0 aliphatic heterocycles. The monoisotopic (exact) mass is 378 g/mol. The van der Waals surface area contributed by atoms with Crippen LogP contribution in [0.2, 0.25) is 0 Å². The number of carbonyl (C=O) groups is 2. The van der Waals surface area contributed by atoms with E-state index in [4.69, 9.17) is 9.15 Å². The molecule has 0 radical (unpaired) electrons. The molecule has 0 bridgehead atoms. The Kier molecular flexibility index (Phi) is 6.11. The molecule has 144 valence electrons. The van der Waals surface area contributed by atoms with Crippen LogP contribution in [0.4, 0.5) is 5.69 Å². The van der Waals surface area contributed by atoms with Crippen LogP contribution in [0.5, 0.6) is 5.75 Å².